The number of amides is 2. The van der Waals surface area contributed by atoms with Gasteiger partial charge in [-0.25, -0.2) is 13.4 Å². The third-order valence-electron chi connectivity index (χ3n) is 6.10. The van der Waals surface area contributed by atoms with Crippen LogP contribution in [0.1, 0.15) is 74.5 Å². The van der Waals surface area contributed by atoms with E-state index in [9.17, 15) is 18.0 Å². The second-order valence-electron chi connectivity index (χ2n) is 9.14. The molecular formula is C27H41N5O4S. The van der Waals surface area contributed by atoms with E-state index in [-0.39, 0.29) is 5.69 Å². The SMILES string of the molecule is CCCC(CCC)S(=O)(=O)CC(NC(=O)c1cnccn1)C(=O)NCCCNCc1cccc(CC)c1. The zero-order chi connectivity index (χ0) is 27.1. The molecule has 0 aliphatic rings. The van der Waals surface area contributed by atoms with E-state index < -0.39 is 38.7 Å². The van der Waals surface area contributed by atoms with Crippen molar-refractivity contribution in [3.8, 4) is 0 Å². The number of hydrogen-bond donors (Lipinski definition) is 3. The lowest BCUT2D eigenvalue weighted by Crippen LogP contribution is -2.51. The molecule has 1 aromatic carbocycles. The van der Waals surface area contributed by atoms with Crippen LogP contribution < -0.4 is 16.0 Å². The van der Waals surface area contributed by atoms with E-state index in [4.69, 9.17) is 0 Å². The molecule has 1 unspecified atom stereocenters. The van der Waals surface area contributed by atoms with E-state index in [1.165, 1.54) is 29.7 Å². The van der Waals surface area contributed by atoms with Crippen LogP contribution in [0.5, 0.6) is 0 Å². The Labute approximate surface area is 221 Å². The summed E-state index contributed by atoms with van der Waals surface area (Å²) in [5.74, 6) is -1.62. The van der Waals surface area contributed by atoms with Crippen molar-refractivity contribution in [2.45, 2.75) is 77.1 Å². The highest BCUT2D eigenvalue weighted by molar-refractivity contribution is 7.92. The molecular weight excluding hydrogens is 490 g/mol. The molecule has 0 spiro atoms. The fraction of sp³-hybridized carbons (Fsp3) is 0.556. The molecule has 37 heavy (non-hydrogen) atoms. The largest absolute Gasteiger partial charge is 0.354 e. The predicted molar refractivity (Wildman–Crippen MR) is 146 cm³/mol. The molecule has 10 heteroatoms. The molecule has 3 N–H and O–H groups in total. The van der Waals surface area contributed by atoms with Crippen LogP contribution in [0, 0.1) is 0 Å². The molecule has 0 aliphatic heterocycles. The summed E-state index contributed by atoms with van der Waals surface area (Å²) >= 11 is 0. The normalized spacial score (nSPS) is 12.3. The number of nitrogens with one attached hydrogen (secondary N) is 3. The number of nitrogens with zero attached hydrogens (tertiary/aromatic N) is 2. The quantitative estimate of drug-likeness (QED) is 0.268. The maximum atomic E-state index is 13.2. The molecule has 1 heterocycles. The lowest BCUT2D eigenvalue weighted by atomic mass is 10.1. The van der Waals surface area contributed by atoms with E-state index in [0.717, 1.165) is 25.8 Å². The van der Waals surface area contributed by atoms with Crippen LogP contribution in [0.2, 0.25) is 0 Å². The molecule has 1 aromatic heterocycles. The van der Waals surface area contributed by atoms with Gasteiger partial charge < -0.3 is 16.0 Å². The number of hydrogen-bond acceptors (Lipinski definition) is 7. The first-order chi connectivity index (χ1) is 17.8. The Hall–Kier alpha value is -2.85. The molecule has 2 aromatic rings. The van der Waals surface area contributed by atoms with Crippen molar-refractivity contribution in [1.82, 2.24) is 25.9 Å². The number of carbonyl (C=O) groups is 2. The molecule has 0 saturated heterocycles. The minimum atomic E-state index is -3.62. The first-order valence-corrected chi connectivity index (χ1v) is 14.9. The lowest BCUT2D eigenvalue weighted by molar-refractivity contribution is -0.122. The number of carbonyl (C=O) groups excluding carboxylic acids is 2. The Morgan fingerprint density at radius 3 is 2.38 bits per heavy atom. The smallest absolute Gasteiger partial charge is 0.272 e. The van der Waals surface area contributed by atoms with Gasteiger partial charge in [-0.2, -0.15) is 0 Å². The summed E-state index contributed by atoms with van der Waals surface area (Å²) in [6.07, 6.45) is 8.21. The highest BCUT2D eigenvalue weighted by Gasteiger charge is 2.32. The summed E-state index contributed by atoms with van der Waals surface area (Å²) in [5, 5.41) is 8.17. The van der Waals surface area contributed by atoms with Gasteiger partial charge in [-0.15, -0.1) is 0 Å². The highest BCUT2D eigenvalue weighted by Crippen LogP contribution is 2.17. The van der Waals surface area contributed by atoms with Gasteiger partial charge >= 0.3 is 0 Å². The summed E-state index contributed by atoms with van der Waals surface area (Å²) in [7, 11) is -3.62. The van der Waals surface area contributed by atoms with Crippen molar-refractivity contribution in [2.24, 2.45) is 0 Å². The Kier molecular flexibility index (Phi) is 13.2. The highest BCUT2D eigenvalue weighted by atomic mass is 32.2. The van der Waals surface area contributed by atoms with Crippen molar-refractivity contribution >= 4 is 21.7 Å². The topological polar surface area (TPSA) is 130 Å². The molecule has 0 fully saturated rings. The molecule has 0 saturated carbocycles. The second kappa shape index (κ2) is 16.1. The average molecular weight is 532 g/mol. The molecule has 0 aliphatic carbocycles. The number of rotatable bonds is 17. The average Bonchev–Trinajstić information content (AvgIpc) is 2.90. The van der Waals surface area contributed by atoms with Crippen LogP contribution >= 0.6 is 0 Å². The Morgan fingerprint density at radius 1 is 1.00 bits per heavy atom. The fourth-order valence-electron chi connectivity index (χ4n) is 4.09. The van der Waals surface area contributed by atoms with Gasteiger partial charge in [0.1, 0.15) is 11.7 Å². The third-order valence-corrected chi connectivity index (χ3v) is 8.39. The summed E-state index contributed by atoms with van der Waals surface area (Å²) in [5.41, 5.74) is 2.51. The van der Waals surface area contributed by atoms with Crippen molar-refractivity contribution in [1.29, 1.82) is 0 Å². The zero-order valence-electron chi connectivity index (χ0n) is 22.2. The standard InChI is InChI=1S/C27H41N5O4S/c1-4-9-23(10-5-2)37(35,36)20-25(32-27(34)24-19-29-15-16-30-24)26(33)31-14-8-13-28-18-22-12-7-11-21(6-3)17-22/h7,11-12,15-17,19,23,25,28H,4-6,8-10,13-14,18,20H2,1-3H3,(H,31,33)(H,32,34). The first kappa shape index (κ1) is 30.4. The fourth-order valence-corrected chi connectivity index (χ4v) is 6.25. The molecule has 2 amide bonds. The Balaban J connectivity index is 1.96. The summed E-state index contributed by atoms with van der Waals surface area (Å²) in [6.45, 7) is 7.76. The number of benzene rings is 1. The minimum absolute atomic E-state index is 0.0210. The van der Waals surface area contributed by atoms with Crippen LogP contribution in [0.15, 0.2) is 42.9 Å². The Bertz CT molecular complexity index is 1070. The van der Waals surface area contributed by atoms with Crippen LogP contribution in [0.4, 0.5) is 0 Å². The molecule has 0 radical (unpaired) electrons. The molecule has 9 nitrogen and oxygen atoms in total. The van der Waals surface area contributed by atoms with Gasteiger partial charge in [0.15, 0.2) is 9.84 Å². The van der Waals surface area contributed by atoms with Crippen LogP contribution in [0.25, 0.3) is 0 Å². The van der Waals surface area contributed by atoms with Crippen molar-refractivity contribution in [3.05, 3.63) is 59.7 Å². The minimum Gasteiger partial charge on any atom is -0.354 e. The van der Waals surface area contributed by atoms with Gasteiger partial charge in [0.25, 0.3) is 5.91 Å². The zero-order valence-corrected chi connectivity index (χ0v) is 23.0. The molecule has 204 valence electrons. The van der Waals surface area contributed by atoms with Gasteiger partial charge in [0.05, 0.1) is 17.2 Å². The predicted octanol–water partition coefficient (Wildman–Crippen LogP) is 2.82. The van der Waals surface area contributed by atoms with Crippen LogP contribution in [-0.4, -0.2) is 60.3 Å². The van der Waals surface area contributed by atoms with E-state index in [1.54, 1.807) is 0 Å². The van der Waals surface area contributed by atoms with Gasteiger partial charge in [0, 0.05) is 25.5 Å². The number of aryl methyl sites for hydroxylation is 1. The van der Waals surface area contributed by atoms with Crippen LogP contribution in [-0.2, 0) is 27.6 Å². The van der Waals surface area contributed by atoms with Gasteiger partial charge in [-0.1, -0.05) is 57.9 Å². The monoisotopic (exact) mass is 531 g/mol. The summed E-state index contributed by atoms with van der Waals surface area (Å²) < 4.78 is 26.3. The maximum absolute atomic E-state index is 13.2. The first-order valence-electron chi connectivity index (χ1n) is 13.1. The van der Waals surface area contributed by atoms with E-state index in [0.29, 0.717) is 32.4 Å². The Morgan fingerprint density at radius 2 is 1.73 bits per heavy atom. The molecule has 2 rings (SSSR count). The van der Waals surface area contributed by atoms with E-state index >= 15 is 0 Å². The van der Waals surface area contributed by atoms with E-state index in [2.05, 4.69) is 51.0 Å². The second-order valence-corrected chi connectivity index (χ2v) is 11.5. The maximum Gasteiger partial charge on any atom is 0.272 e. The van der Waals surface area contributed by atoms with E-state index in [1.807, 2.05) is 19.9 Å². The lowest BCUT2D eigenvalue weighted by Gasteiger charge is -2.22. The summed E-state index contributed by atoms with van der Waals surface area (Å²) in [6, 6.07) is 7.17. The number of sulfone groups is 1. The third kappa shape index (κ3) is 10.6. The van der Waals surface area contributed by atoms with Crippen LogP contribution in [0.3, 0.4) is 0 Å². The molecule has 0 bridgehead atoms. The van der Waals surface area contributed by atoms with Crippen molar-refractivity contribution in [2.75, 3.05) is 18.8 Å². The number of aromatic nitrogens is 2. The molecule has 1 atom stereocenters. The van der Waals surface area contributed by atoms with Gasteiger partial charge in [-0.3, -0.25) is 14.6 Å². The van der Waals surface area contributed by atoms with Crippen molar-refractivity contribution in [3.63, 3.8) is 0 Å². The van der Waals surface area contributed by atoms with Gasteiger partial charge in [0.2, 0.25) is 5.91 Å². The van der Waals surface area contributed by atoms with Crippen molar-refractivity contribution < 1.29 is 18.0 Å². The van der Waals surface area contributed by atoms with Gasteiger partial charge in [-0.05, 0) is 43.4 Å². The summed E-state index contributed by atoms with van der Waals surface area (Å²) in [4.78, 5) is 33.5.